The van der Waals surface area contributed by atoms with Gasteiger partial charge in [-0.05, 0) is 41.8 Å². The fourth-order valence-electron chi connectivity index (χ4n) is 2.76. The third kappa shape index (κ3) is 3.90. The maximum atomic E-state index is 12.4. The number of rotatable bonds is 4. The SMILES string of the molecule is Cc1ccccc1-n1nnnc1SCC(=O)N1CCCCCC1. The molecule has 0 aliphatic carbocycles. The van der Waals surface area contributed by atoms with E-state index >= 15 is 0 Å². The standard InChI is InChI=1S/C16H21N5OS/c1-13-8-4-5-9-14(13)21-16(17-18-19-21)23-12-15(22)20-10-6-2-3-7-11-20/h4-5,8-9H,2-3,6-7,10-12H2,1H3. The molecule has 0 saturated carbocycles. The minimum atomic E-state index is 0.177. The molecule has 1 aliphatic heterocycles. The van der Waals surface area contributed by atoms with Gasteiger partial charge in [0.1, 0.15) is 0 Å². The first-order valence-corrected chi connectivity index (χ1v) is 8.99. The fraction of sp³-hybridized carbons (Fsp3) is 0.500. The molecule has 0 N–H and O–H groups in total. The lowest BCUT2D eigenvalue weighted by atomic mass is 10.2. The Kier molecular flexibility index (Phi) is 5.27. The summed E-state index contributed by atoms with van der Waals surface area (Å²) in [6.45, 7) is 3.78. The van der Waals surface area contributed by atoms with Crippen molar-refractivity contribution in [3.63, 3.8) is 0 Å². The molecule has 1 aromatic carbocycles. The molecule has 3 rings (SSSR count). The van der Waals surface area contributed by atoms with E-state index < -0.39 is 0 Å². The molecule has 1 fully saturated rings. The summed E-state index contributed by atoms with van der Waals surface area (Å²) in [6, 6.07) is 7.94. The summed E-state index contributed by atoms with van der Waals surface area (Å²) in [6.07, 6.45) is 4.67. The van der Waals surface area contributed by atoms with Crippen molar-refractivity contribution in [2.75, 3.05) is 18.8 Å². The van der Waals surface area contributed by atoms with Gasteiger partial charge in [0.25, 0.3) is 0 Å². The van der Waals surface area contributed by atoms with Gasteiger partial charge in [0.15, 0.2) is 0 Å². The van der Waals surface area contributed by atoms with E-state index in [2.05, 4.69) is 15.5 Å². The van der Waals surface area contributed by atoms with Gasteiger partial charge < -0.3 is 4.90 Å². The molecular weight excluding hydrogens is 310 g/mol. The normalized spacial score (nSPS) is 15.4. The van der Waals surface area contributed by atoms with Crippen LogP contribution < -0.4 is 0 Å². The zero-order valence-electron chi connectivity index (χ0n) is 13.3. The molecule has 1 amide bonds. The minimum Gasteiger partial charge on any atom is -0.342 e. The number of amides is 1. The zero-order chi connectivity index (χ0) is 16.1. The molecule has 0 unspecified atom stereocenters. The number of aromatic nitrogens is 4. The third-order valence-corrected chi connectivity index (χ3v) is 4.97. The van der Waals surface area contributed by atoms with Gasteiger partial charge in [0, 0.05) is 13.1 Å². The van der Waals surface area contributed by atoms with Crippen molar-refractivity contribution in [1.82, 2.24) is 25.1 Å². The molecule has 2 heterocycles. The number of aryl methyl sites for hydroxylation is 1. The summed E-state index contributed by atoms with van der Waals surface area (Å²) in [7, 11) is 0. The molecule has 1 aromatic heterocycles. The molecular formula is C16H21N5OS. The molecule has 2 aromatic rings. The first-order valence-electron chi connectivity index (χ1n) is 8.00. The predicted molar refractivity (Wildman–Crippen MR) is 89.7 cm³/mol. The van der Waals surface area contributed by atoms with Gasteiger partial charge in [-0.3, -0.25) is 4.79 Å². The molecule has 0 radical (unpaired) electrons. The maximum Gasteiger partial charge on any atom is 0.233 e. The van der Waals surface area contributed by atoms with E-state index in [0.29, 0.717) is 10.9 Å². The zero-order valence-corrected chi connectivity index (χ0v) is 14.1. The van der Waals surface area contributed by atoms with Crippen LogP contribution >= 0.6 is 11.8 Å². The summed E-state index contributed by atoms with van der Waals surface area (Å²) in [5.74, 6) is 0.558. The fourth-order valence-corrected chi connectivity index (χ4v) is 3.55. The van der Waals surface area contributed by atoms with Gasteiger partial charge >= 0.3 is 0 Å². The molecule has 6 nitrogen and oxygen atoms in total. The average molecular weight is 331 g/mol. The van der Waals surface area contributed by atoms with Gasteiger partial charge in [0.2, 0.25) is 11.1 Å². The second-order valence-corrected chi connectivity index (χ2v) is 6.69. The highest BCUT2D eigenvalue weighted by atomic mass is 32.2. The summed E-state index contributed by atoms with van der Waals surface area (Å²) < 4.78 is 1.70. The van der Waals surface area contributed by atoms with E-state index in [0.717, 1.165) is 37.2 Å². The molecule has 0 bridgehead atoms. The number of carbonyl (C=O) groups excluding carboxylic acids is 1. The molecule has 23 heavy (non-hydrogen) atoms. The van der Waals surface area contributed by atoms with Crippen LogP contribution in [0.4, 0.5) is 0 Å². The van der Waals surface area contributed by atoms with E-state index in [4.69, 9.17) is 0 Å². The Bertz CT molecular complexity index is 664. The highest BCUT2D eigenvalue weighted by Gasteiger charge is 2.18. The highest BCUT2D eigenvalue weighted by Crippen LogP contribution is 2.21. The van der Waals surface area contributed by atoms with E-state index in [9.17, 15) is 4.79 Å². The molecule has 1 aliphatic rings. The van der Waals surface area contributed by atoms with Crippen molar-refractivity contribution in [3.05, 3.63) is 29.8 Å². The van der Waals surface area contributed by atoms with Gasteiger partial charge in [0.05, 0.1) is 11.4 Å². The largest absolute Gasteiger partial charge is 0.342 e. The number of benzene rings is 1. The van der Waals surface area contributed by atoms with Crippen LogP contribution in [0.3, 0.4) is 0 Å². The quantitative estimate of drug-likeness (QED) is 0.805. The van der Waals surface area contributed by atoms with Gasteiger partial charge in [-0.15, -0.1) is 5.10 Å². The summed E-state index contributed by atoms with van der Waals surface area (Å²) in [5.41, 5.74) is 2.04. The number of likely N-dealkylation sites (tertiary alicyclic amines) is 1. The second-order valence-electron chi connectivity index (χ2n) is 5.74. The number of para-hydroxylation sites is 1. The Morgan fingerprint density at radius 2 is 1.91 bits per heavy atom. The van der Waals surface area contributed by atoms with Crippen LogP contribution in [-0.4, -0.2) is 49.9 Å². The minimum absolute atomic E-state index is 0.177. The Balaban J connectivity index is 1.66. The third-order valence-electron chi connectivity index (χ3n) is 4.07. The van der Waals surface area contributed by atoms with Crippen molar-refractivity contribution in [2.45, 2.75) is 37.8 Å². The first kappa shape index (κ1) is 16.0. The van der Waals surface area contributed by atoms with Crippen molar-refractivity contribution in [1.29, 1.82) is 0 Å². The van der Waals surface area contributed by atoms with Crippen LogP contribution in [0, 0.1) is 6.92 Å². The molecule has 1 saturated heterocycles. The monoisotopic (exact) mass is 331 g/mol. The highest BCUT2D eigenvalue weighted by molar-refractivity contribution is 7.99. The van der Waals surface area contributed by atoms with E-state index in [1.54, 1.807) is 4.68 Å². The Labute approximate surface area is 140 Å². The van der Waals surface area contributed by atoms with E-state index in [-0.39, 0.29) is 5.91 Å². The number of tetrazole rings is 1. The maximum absolute atomic E-state index is 12.4. The molecule has 0 spiro atoms. The lowest BCUT2D eigenvalue weighted by Crippen LogP contribution is -2.33. The van der Waals surface area contributed by atoms with Crippen LogP contribution in [0.5, 0.6) is 0 Å². The van der Waals surface area contributed by atoms with Crippen LogP contribution in [0.1, 0.15) is 31.2 Å². The smallest absolute Gasteiger partial charge is 0.233 e. The summed E-state index contributed by atoms with van der Waals surface area (Å²) in [5, 5.41) is 12.5. The van der Waals surface area contributed by atoms with Crippen molar-refractivity contribution in [3.8, 4) is 5.69 Å². The van der Waals surface area contributed by atoms with Crippen LogP contribution in [0.2, 0.25) is 0 Å². The topological polar surface area (TPSA) is 63.9 Å². The summed E-state index contributed by atoms with van der Waals surface area (Å²) in [4.78, 5) is 14.4. The van der Waals surface area contributed by atoms with Gasteiger partial charge in [-0.2, -0.15) is 4.68 Å². The number of hydrogen-bond acceptors (Lipinski definition) is 5. The number of hydrogen-bond donors (Lipinski definition) is 0. The Hall–Kier alpha value is -1.89. The van der Waals surface area contributed by atoms with E-state index in [1.165, 1.54) is 24.6 Å². The summed E-state index contributed by atoms with van der Waals surface area (Å²) >= 11 is 1.40. The lowest BCUT2D eigenvalue weighted by molar-refractivity contribution is -0.128. The van der Waals surface area contributed by atoms with Crippen molar-refractivity contribution >= 4 is 17.7 Å². The number of nitrogens with zero attached hydrogens (tertiary/aromatic N) is 5. The molecule has 7 heteroatoms. The molecule has 0 atom stereocenters. The number of thioether (sulfide) groups is 1. The van der Waals surface area contributed by atoms with E-state index in [1.807, 2.05) is 36.1 Å². The van der Waals surface area contributed by atoms with Gasteiger partial charge in [-0.1, -0.05) is 42.8 Å². The lowest BCUT2D eigenvalue weighted by Gasteiger charge is -2.19. The van der Waals surface area contributed by atoms with Crippen molar-refractivity contribution in [2.24, 2.45) is 0 Å². The molecule has 122 valence electrons. The van der Waals surface area contributed by atoms with Crippen LogP contribution in [0.25, 0.3) is 5.69 Å². The predicted octanol–water partition coefficient (Wildman–Crippen LogP) is 2.47. The first-order chi connectivity index (χ1) is 11.3. The Morgan fingerprint density at radius 3 is 2.65 bits per heavy atom. The van der Waals surface area contributed by atoms with Crippen molar-refractivity contribution < 1.29 is 4.79 Å². The van der Waals surface area contributed by atoms with Crippen LogP contribution in [-0.2, 0) is 4.79 Å². The average Bonchev–Trinajstić information content (AvgIpc) is 2.85. The Morgan fingerprint density at radius 1 is 1.17 bits per heavy atom. The van der Waals surface area contributed by atoms with Crippen LogP contribution in [0.15, 0.2) is 29.4 Å². The van der Waals surface area contributed by atoms with Gasteiger partial charge in [-0.25, -0.2) is 0 Å². The second kappa shape index (κ2) is 7.59. The number of carbonyl (C=O) groups is 1.